The zero-order valence-corrected chi connectivity index (χ0v) is 8.65. The molecule has 1 saturated heterocycles. The lowest BCUT2D eigenvalue weighted by Gasteiger charge is -2.17. The molecule has 1 fully saturated rings. The van der Waals surface area contributed by atoms with Crippen molar-refractivity contribution in [3.05, 3.63) is 30.3 Å². The number of para-hydroxylation sites is 1. The zero-order valence-electron chi connectivity index (χ0n) is 8.65. The number of hydrogen-bond acceptors (Lipinski definition) is 5. The molecule has 5 heteroatoms. The van der Waals surface area contributed by atoms with Gasteiger partial charge < -0.3 is 25.4 Å². The van der Waals surface area contributed by atoms with E-state index in [2.05, 4.69) is 5.32 Å². The fourth-order valence-electron chi connectivity index (χ4n) is 1.72. The molecule has 0 radical (unpaired) electrons. The van der Waals surface area contributed by atoms with Crippen LogP contribution in [0.15, 0.2) is 30.3 Å². The Balaban J connectivity index is 2.01. The number of benzene rings is 1. The first kappa shape index (κ1) is 11.3. The summed E-state index contributed by atoms with van der Waals surface area (Å²) in [6.45, 7) is -0.314. The van der Waals surface area contributed by atoms with Gasteiger partial charge in [0.05, 0.1) is 6.61 Å². The number of rotatable bonds is 3. The number of aliphatic hydroxyl groups is 3. The third-order valence-corrected chi connectivity index (χ3v) is 2.63. The molecule has 1 aliphatic rings. The van der Waals surface area contributed by atoms with Crippen LogP contribution in [-0.2, 0) is 4.74 Å². The second-order valence-electron chi connectivity index (χ2n) is 3.77. The molecule has 1 aliphatic heterocycles. The van der Waals surface area contributed by atoms with Gasteiger partial charge in [0.2, 0.25) is 0 Å². The highest BCUT2D eigenvalue weighted by Crippen LogP contribution is 2.22. The van der Waals surface area contributed by atoms with Crippen LogP contribution in [0.4, 0.5) is 5.69 Å². The molecule has 2 rings (SSSR count). The van der Waals surface area contributed by atoms with Crippen LogP contribution < -0.4 is 5.32 Å². The highest BCUT2D eigenvalue weighted by molar-refractivity contribution is 5.43. The van der Waals surface area contributed by atoms with Crippen LogP contribution in [0.2, 0.25) is 0 Å². The lowest BCUT2D eigenvalue weighted by molar-refractivity contribution is -0.0153. The van der Waals surface area contributed by atoms with Crippen LogP contribution in [0, 0.1) is 0 Å². The Bertz CT molecular complexity index is 332. The van der Waals surface area contributed by atoms with Crippen LogP contribution in [0.3, 0.4) is 0 Å². The molecular formula is C11H15NO4. The number of aliphatic hydroxyl groups excluding tert-OH is 3. The van der Waals surface area contributed by atoms with Gasteiger partial charge in [0.15, 0.2) is 6.23 Å². The van der Waals surface area contributed by atoms with Crippen molar-refractivity contribution in [3.8, 4) is 0 Å². The van der Waals surface area contributed by atoms with Crippen LogP contribution in [-0.4, -0.2) is 46.5 Å². The van der Waals surface area contributed by atoms with Gasteiger partial charge in [-0.2, -0.15) is 0 Å². The molecule has 1 unspecified atom stereocenters. The Morgan fingerprint density at radius 2 is 1.81 bits per heavy atom. The van der Waals surface area contributed by atoms with E-state index in [0.717, 1.165) is 5.69 Å². The molecule has 5 nitrogen and oxygen atoms in total. The first-order chi connectivity index (χ1) is 7.72. The molecule has 0 spiro atoms. The van der Waals surface area contributed by atoms with Gasteiger partial charge in [-0.15, -0.1) is 0 Å². The van der Waals surface area contributed by atoms with Gasteiger partial charge in [-0.1, -0.05) is 18.2 Å². The molecule has 0 aromatic heterocycles. The maximum atomic E-state index is 9.67. The predicted octanol–water partition coefficient (Wildman–Crippen LogP) is -0.463. The zero-order chi connectivity index (χ0) is 11.5. The minimum Gasteiger partial charge on any atom is -0.394 e. The van der Waals surface area contributed by atoms with Crippen LogP contribution in [0.25, 0.3) is 0 Å². The molecule has 1 heterocycles. The van der Waals surface area contributed by atoms with Gasteiger partial charge in [-0.3, -0.25) is 0 Å². The van der Waals surface area contributed by atoms with E-state index in [1.165, 1.54) is 0 Å². The SMILES string of the molecule is OC[C@@H]1OC(Nc2ccccc2)[C@H](O)[C@H]1O. The third kappa shape index (κ3) is 2.17. The minimum absolute atomic E-state index is 0.314. The number of hydrogen-bond donors (Lipinski definition) is 4. The number of anilines is 1. The molecule has 4 N–H and O–H groups in total. The Kier molecular flexibility index (Phi) is 3.40. The summed E-state index contributed by atoms with van der Waals surface area (Å²) in [5.41, 5.74) is 0.789. The second kappa shape index (κ2) is 4.80. The third-order valence-electron chi connectivity index (χ3n) is 2.63. The van der Waals surface area contributed by atoms with Crippen molar-refractivity contribution >= 4 is 5.69 Å². The largest absolute Gasteiger partial charge is 0.394 e. The maximum Gasteiger partial charge on any atom is 0.157 e. The number of ether oxygens (including phenoxy) is 1. The average molecular weight is 225 g/mol. The van der Waals surface area contributed by atoms with E-state index in [9.17, 15) is 10.2 Å². The molecule has 1 aromatic carbocycles. The van der Waals surface area contributed by atoms with Crippen molar-refractivity contribution in [1.29, 1.82) is 0 Å². The summed E-state index contributed by atoms with van der Waals surface area (Å²) in [6, 6.07) is 9.24. The lowest BCUT2D eigenvalue weighted by atomic mass is 10.1. The smallest absolute Gasteiger partial charge is 0.157 e. The van der Waals surface area contributed by atoms with Gasteiger partial charge in [0.25, 0.3) is 0 Å². The minimum atomic E-state index is -1.06. The van der Waals surface area contributed by atoms with Gasteiger partial charge in [-0.25, -0.2) is 0 Å². The standard InChI is InChI=1S/C11H15NO4/c13-6-8-9(14)10(15)11(16-8)12-7-4-2-1-3-5-7/h1-5,8-15H,6H2/t8-,9-,10+,11?/m0/s1. The monoisotopic (exact) mass is 225 g/mol. The second-order valence-corrected chi connectivity index (χ2v) is 3.77. The fourth-order valence-corrected chi connectivity index (χ4v) is 1.72. The fraction of sp³-hybridized carbons (Fsp3) is 0.455. The molecular weight excluding hydrogens is 210 g/mol. The van der Waals surface area contributed by atoms with Crippen molar-refractivity contribution in [1.82, 2.24) is 0 Å². The Morgan fingerprint density at radius 1 is 1.12 bits per heavy atom. The van der Waals surface area contributed by atoms with E-state index in [0.29, 0.717) is 0 Å². The summed E-state index contributed by atoms with van der Waals surface area (Å²) in [5, 5.41) is 31.1. The summed E-state index contributed by atoms with van der Waals surface area (Å²) in [6.07, 6.45) is -3.55. The molecule has 0 bridgehead atoms. The van der Waals surface area contributed by atoms with E-state index in [1.54, 1.807) is 0 Å². The Labute approximate surface area is 93.3 Å². The molecule has 88 valence electrons. The van der Waals surface area contributed by atoms with Crippen LogP contribution in [0.1, 0.15) is 0 Å². The van der Waals surface area contributed by atoms with Gasteiger partial charge in [-0.05, 0) is 12.1 Å². The Morgan fingerprint density at radius 3 is 2.38 bits per heavy atom. The van der Waals surface area contributed by atoms with E-state index in [1.807, 2.05) is 30.3 Å². The van der Waals surface area contributed by atoms with Gasteiger partial charge in [0.1, 0.15) is 18.3 Å². The van der Waals surface area contributed by atoms with Crippen molar-refractivity contribution in [2.45, 2.75) is 24.5 Å². The first-order valence-corrected chi connectivity index (χ1v) is 5.16. The first-order valence-electron chi connectivity index (χ1n) is 5.16. The van der Waals surface area contributed by atoms with Gasteiger partial charge in [0, 0.05) is 5.69 Å². The lowest BCUT2D eigenvalue weighted by Crippen LogP contribution is -2.36. The van der Waals surface area contributed by atoms with E-state index >= 15 is 0 Å². The highest BCUT2D eigenvalue weighted by atomic mass is 16.6. The Hall–Kier alpha value is -1.14. The molecule has 4 atom stereocenters. The van der Waals surface area contributed by atoms with E-state index < -0.39 is 24.5 Å². The van der Waals surface area contributed by atoms with Crippen molar-refractivity contribution < 1.29 is 20.1 Å². The van der Waals surface area contributed by atoms with E-state index in [-0.39, 0.29) is 6.61 Å². The average Bonchev–Trinajstić information content (AvgIpc) is 2.58. The maximum absolute atomic E-state index is 9.67. The molecule has 16 heavy (non-hydrogen) atoms. The van der Waals surface area contributed by atoms with Crippen molar-refractivity contribution in [3.63, 3.8) is 0 Å². The molecule has 0 aliphatic carbocycles. The summed E-state index contributed by atoms with van der Waals surface area (Å²) in [7, 11) is 0. The van der Waals surface area contributed by atoms with Crippen LogP contribution in [0.5, 0.6) is 0 Å². The normalized spacial score (nSPS) is 33.9. The summed E-state index contributed by atoms with van der Waals surface area (Å²) < 4.78 is 5.28. The highest BCUT2D eigenvalue weighted by Gasteiger charge is 2.42. The number of nitrogens with one attached hydrogen (secondary N) is 1. The summed E-state index contributed by atoms with van der Waals surface area (Å²) in [4.78, 5) is 0. The molecule has 1 aromatic rings. The summed E-state index contributed by atoms with van der Waals surface area (Å²) in [5.74, 6) is 0. The van der Waals surface area contributed by atoms with Crippen molar-refractivity contribution in [2.75, 3.05) is 11.9 Å². The summed E-state index contributed by atoms with van der Waals surface area (Å²) >= 11 is 0. The predicted molar refractivity (Wildman–Crippen MR) is 57.8 cm³/mol. The van der Waals surface area contributed by atoms with Crippen molar-refractivity contribution in [2.24, 2.45) is 0 Å². The van der Waals surface area contributed by atoms with Gasteiger partial charge >= 0.3 is 0 Å². The van der Waals surface area contributed by atoms with Crippen LogP contribution >= 0.6 is 0 Å². The topological polar surface area (TPSA) is 82.0 Å². The van der Waals surface area contributed by atoms with E-state index in [4.69, 9.17) is 9.84 Å². The molecule has 0 amide bonds. The quantitative estimate of drug-likeness (QED) is 0.559. The molecule has 0 saturated carbocycles.